The Labute approximate surface area is 170 Å². The third-order valence-electron chi connectivity index (χ3n) is 6.05. The van der Waals surface area contributed by atoms with Crippen LogP contribution in [0.5, 0.6) is 0 Å². The number of nitrogens with one attached hydrogen (secondary N) is 3. The molecule has 2 aliphatic heterocycles. The van der Waals surface area contributed by atoms with Gasteiger partial charge in [0.1, 0.15) is 18.0 Å². The topological polar surface area (TPSA) is 99.3 Å². The first-order valence-electron chi connectivity index (χ1n) is 10.4. The maximum Gasteiger partial charge on any atom is 0.246 e. The van der Waals surface area contributed by atoms with Crippen LogP contribution >= 0.6 is 0 Å². The number of hydrogen-bond acceptors (Lipinski definition) is 5. The fourth-order valence-electron chi connectivity index (χ4n) is 4.76. The van der Waals surface area contributed by atoms with Crippen LogP contribution in [0.1, 0.15) is 31.5 Å². The zero-order chi connectivity index (χ0) is 20.3. The molecule has 0 aliphatic carbocycles. The number of carbonyl (C=O) groups is 2. The molecule has 2 aliphatic rings. The lowest BCUT2D eigenvalue weighted by molar-refractivity contribution is -0.134. The number of carbonyl (C=O) groups excluding carboxylic acids is 2. The second-order valence-corrected chi connectivity index (χ2v) is 8.04. The molecule has 3 heterocycles. The molecule has 2 amide bonds. The van der Waals surface area contributed by atoms with Crippen LogP contribution in [0.15, 0.2) is 24.3 Å². The van der Waals surface area contributed by atoms with Crippen molar-refractivity contribution in [1.29, 1.82) is 0 Å². The van der Waals surface area contributed by atoms with Crippen molar-refractivity contribution in [1.82, 2.24) is 25.5 Å². The summed E-state index contributed by atoms with van der Waals surface area (Å²) in [6, 6.07) is 7.90. The lowest BCUT2D eigenvalue weighted by Crippen LogP contribution is -2.57. The van der Waals surface area contributed by atoms with E-state index < -0.39 is 5.54 Å². The van der Waals surface area contributed by atoms with E-state index in [0.29, 0.717) is 25.9 Å². The molecular formula is C21H29N5O3. The summed E-state index contributed by atoms with van der Waals surface area (Å²) in [5, 5.41) is 6.14. The van der Waals surface area contributed by atoms with E-state index in [0.717, 1.165) is 42.7 Å². The molecule has 2 aromatic rings. The van der Waals surface area contributed by atoms with E-state index in [4.69, 9.17) is 4.74 Å². The molecule has 1 aromatic heterocycles. The average molecular weight is 399 g/mol. The van der Waals surface area contributed by atoms with Gasteiger partial charge in [-0.1, -0.05) is 12.1 Å². The summed E-state index contributed by atoms with van der Waals surface area (Å²) in [5.74, 6) is 0.815. The monoisotopic (exact) mass is 399 g/mol. The zero-order valence-corrected chi connectivity index (χ0v) is 16.9. The van der Waals surface area contributed by atoms with Gasteiger partial charge in [0.15, 0.2) is 0 Å². The summed E-state index contributed by atoms with van der Waals surface area (Å²) < 4.78 is 4.91. The Morgan fingerprint density at radius 2 is 2.21 bits per heavy atom. The minimum atomic E-state index is -0.517. The van der Waals surface area contributed by atoms with Gasteiger partial charge in [0, 0.05) is 32.7 Å². The quantitative estimate of drug-likeness (QED) is 0.645. The van der Waals surface area contributed by atoms with Crippen LogP contribution in [-0.2, 0) is 20.7 Å². The van der Waals surface area contributed by atoms with Crippen molar-refractivity contribution < 1.29 is 14.3 Å². The molecule has 2 saturated heterocycles. The Balaban J connectivity index is 1.37. The molecule has 29 heavy (non-hydrogen) atoms. The van der Waals surface area contributed by atoms with Crippen LogP contribution < -0.4 is 10.6 Å². The van der Waals surface area contributed by atoms with Gasteiger partial charge in [-0.05, 0) is 44.4 Å². The standard InChI is InChI=1S/C21H29N5O3/c1-29-14-19(27)23-15-12-21(9-4-5-11-26(21)13-15)20(28)22-10-8-18-24-16-6-2-3-7-17(16)25-18/h2-3,6-7,15H,4-5,8-14H2,1H3,(H,22,28)(H,23,27)(H,24,25)/t15-,21-/m0/s1. The summed E-state index contributed by atoms with van der Waals surface area (Å²) in [5.41, 5.74) is 1.43. The summed E-state index contributed by atoms with van der Waals surface area (Å²) >= 11 is 0. The summed E-state index contributed by atoms with van der Waals surface area (Å²) in [6.45, 7) is 2.20. The molecular weight excluding hydrogens is 370 g/mol. The summed E-state index contributed by atoms with van der Waals surface area (Å²) in [6.07, 6.45) is 4.27. The first-order chi connectivity index (χ1) is 14.1. The Morgan fingerprint density at radius 1 is 1.34 bits per heavy atom. The van der Waals surface area contributed by atoms with Crippen LogP contribution in [-0.4, -0.2) is 71.6 Å². The molecule has 4 rings (SSSR count). The number of fused-ring (bicyclic) bond motifs is 2. The molecule has 0 bridgehead atoms. The number of nitrogens with zero attached hydrogens (tertiary/aromatic N) is 2. The Morgan fingerprint density at radius 3 is 3.03 bits per heavy atom. The maximum atomic E-state index is 13.2. The van der Waals surface area contributed by atoms with Crippen molar-refractivity contribution in [2.45, 2.75) is 43.7 Å². The number of ether oxygens (including phenoxy) is 1. The molecule has 0 unspecified atom stereocenters. The van der Waals surface area contributed by atoms with E-state index in [1.807, 2.05) is 24.3 Å². The highest BCUT2D eigenvalue weighted by Crippen LogP contribution is 2.38. The molecule has 2 atom stereocenters. The summed E-state index contributed by atoms with van der Waals surface area (Å²) in [7, 11) is 1.51. The van der Waals surface area contributed by atoms with Crippen molar-refractivity contribution in [3.63, 3.8) is 0 Å². The van der Waals surface area contributed by atoms with Gasteiger partial charge in [-0.25, -0.2) is 4.98 Å². The molecule has 0 saturated carbocycles. The van der Waals surface area contributed by atoms with Gasteiger partial charge in [-0.2, -0.15) is 0 Å². The minimum absolute atomic E-state index is 0.0168. The van der Waals surface area contributed by atoms with Crippen LogP contribution in [0.4, 0.5) is 0 Å². The van der Waals surface area contributed by atoms with Gasteiger partial charge in [0.05, 0.1) is 11.0 Å². The fraction of sp³-hybridized carbons (Fsp3) is 0.571. The van der Waals surface area contributed by atoms with Gasteiger partial charge in [0.2, 0.25) is 11.8 Å². The van der Waals surface area contributed by atoms with Crippen molar-refractivity contribution in [3.05, 3.63) is 30.1 Å². The number of benzene rings is 1. The molecule has 2 fully saturated rings. The largest absolute Gasteiger partial charge is 0.375 e. The average Bonchev–Trinajstić information content (AvgIpc) is 3.28. The second kappa shape index (κ2) is 8.51. The normalized spacial score (nSPS) is 24.4. The van der Waals surface area contributed by atoms with E-state index in [1.165, 1.54) is 7.11 Å². The van der Waals surface area contributed by atoms with E-state index >= 15 is 0 Å². The lowest BCUT2D eigenvalue weighted by atomic mass is 9.84. The number of methoxy groups -OCH3 is 1. The van der Waals surface area contributed by atoms with Crippen LogP contribution in [0.25, 0.3) is 11.0 Å². The van der Waals surface area contributed by atoms with Crippen LogP contribution in [0.2, 0.25) is 0 Å². The predicted molar refractivity (Wildman–Crippen MR) is 109 cm³/mol. The highest BCUT2D eigenvalue weighted by Gasteiger charge is 2.52. The Bertz CT molecular complexity index is 849. The molecule has 156 valence electrons. The summed E-state index contributed by atoms with van der Waals surface area (Å²) in [4.78, 5) is 35.2. The second-order valence-electron chi connectivity index (χ2n) is 8.04. The van der Waals surface area contributed by atoms with E-state index in [2.05, 4.69) is 25.5 Å². The van der Waals surface area contributed by atoms with Crippen molar-refractivity contribution in [2.75, 3.05) is 33.4 Å². The van der Waals surface area contributed by atoms with E-state index in [-0.39, 0.29) is 24.5 Å². The predicted octanol–water partition coefficient (Wildman–Crippen LogP) is 0.981. The highest BCUT2D eigenvalue weighted by molar-refractivity contribution is 5.87. The molecule has 0 spiro atoms. The maximum absolute atomic E-state index is 13.2. The van der Waals surface area contributed by atoms with E-state index in [1.54, 1.807) is 0 Å². The van der Waals surface area contributed by atoms with Gasteiger partial charge in [0.25, 0.3) is 0 Å². The highest BCUT2D eigenvalue weighted by atomic mass is 16.5. The van der Waals surface area contributed by atoms with Gasteiger partial charge < -0.3 is 20.4 Å². The number of rotatable bonds is 7. The molecule has 8 nitrogen and oxygen atoms in total. The SMILES string of the molecule is COCC(=O)N[C@@H]1CN2CCCC[C@@]2(C(=O)NCCc2nc3ccccc3[nH]2)C1. The van der Waals surface area contributed by atoms with Crippen LogP contribution in [0, 0.1) is 0 Å². The Kier molecular flexibility index (Phi) is 5.82. The third-order valence-corrected chi connectivity index (χ3v) is 6.05. The number of imidazole rings is 1. The zero-order valence-electron chi connectivity index (χ0n) is 16.9. The first-order valence-corrected chi connectivity index (χ1v) is 10.4. The van der Waals surface area contributed by atoms with Crippen molar-refractivity contribution in [3.8, 4) is 0 Å². The molecule has 3 N–H and O–H groups in total. The number of para-hydroxylation sites is 2. The third kappa shape index (κ3) is 4.13. The van der Waals surface area contributed by atoms with E-state index in [9.17, 15) is 9.59 Å². The van der Waals surface area contributed by atoms with Crippen LogP contribution in [0.3, 0.4) is 0 Å². The van der Waals surface area contributed by atoms with Gasteiger partial charge in [-0.15, -0.1) is 0 Å². The number of hydrogen-bond donors (Lipinski definition) is 3. The number of H-pyrrole nitrogens is 1. The molecule has 0 radical (unpaired) electrons. The minimum Gasteiger partial charge on any atom is -0.375 e. The smallest absolute Gasteiger partial charge is 0.246 e. The first kappa shape index (κ1) is 19.8. The number of amides is 2. The van der Waals surface area contributed by atoms with Gasteiger partial charge >= 0.3 is 0 Å². The molecule has 1 aromatic carbocycles. The van der Waals surface area contributed by atoms with Crippen molar-refractivity contribution in [2.24, 2.45) is 0 Å². The fourth-order valence-corrected chi connectivity index (χ4v) is 4.76. The lowest BCUT2D eigenvalue weighted by Gasteiger charge is -2.40. The van der Waals surface area contributed by atoms with Crippen molar-refractivity contribution >= 4 is 22.8 Å². The molecule has 8 heteroatoms. The Hall–Kier alpha value is -2.45. The number of aromatic nitrogens is 2. The van der Waals surface area contributed by atoms with Gasteiger partial charge in [-0.3, -0.25) is 14.5 Å². The number of piperidine rings is 1. The number of aromatic amines is 1.